The lowest BCUT2D eigenvalue weighted by atomic mass is 9.72. The van der Waals surface area contributed by atoms with E-state index < -0.39 is 0 Å². The third-order valence-corrected chi connectivity index (χ3v) is 6.37. The van der Waals surface area contributed by atoms with Crippen molar-refractivity contribution in [3.05, 3.63) is 53.3 Å². The molecule has 5 rings (SSSR count). The third-order valence-electron chi connectivity index (χ3n) is 6.13. The van der Waals surface area contributed by atoms with Crippen LogP contribution in [0.15, 0.2) is 42.7 Å². The number of likely N-dealkylation sites (tertiary alicyclic amines) is 2. The average Bonchev–Trinajstić information content (AvgIpc) is 2.65. The van der Waals surface area contributed by atoms with Gasteiger partial charge >= 0.3 is 6.03 Å². The number of hydrogen-bond acceptors (Lipinski definition) is 4. The summed E-state index contributed by atoms with van der Waals surface area (Å²) in [7, 11) is 0. The summed E-state index contributed by atoms with van der Waals surface area (Å²) in [6.07, 6.45) is 3.75. The molecule has 0 radical (unpaired) electrons. The summed E-state index contributed by atoms with van der Waals surface area (Å²) >= 11 is 6.05. The van der Waals surface area contributed by atoms with E-state index in [1.165, 1.54) is 5.56 Å². The van der Waals surface area contributed by atoms with Gasteiger partial charge in [-0.25, -0.2) is 4.79 Å². The molecule has 4 heterocycles. The highest BCUT2D eigenvalue weighted by atomic mass is 35.5. The molecular formula is C21H23ClN4O2. The van der Waals surface area contributed by atoms with Crippen LogP contribution in [0.5, 0.6) is 5.75 Å². The molecule has 2 amide bonds. The lowest BCUT2D eigenvalue weighted by molar-refractivity contribution is -0.110. The van der Waals surface area contributed by atoms with Gasteiger partial charge in [0.05, 0.1) is 12.2 Å². The maximum Gasteiger partial charge on any atom is 0.324 e. The topological polar surface area (TPSA) is 48.9 Å². The van der Waals surface area contributed by atoms with E-state index in [0.29, 0.717) is 30.0 Å². The standard InChI is InChI=1S/C21H23ClN4O2/c1-15(16-3-2-6-23-10-16)24-11-21(12-24)13-25(14-21)20(27)26-7-8-28-19-9-17(22)4-5-18(19)26/h2-6,9-10,15H,7-8,11-14H2,1H3. The number of carbonyl (C=O) groups is 1. The summed E-state index contributed by atoms with van der Waals surface area (Å²) in [5.41, 5.74) is 2.30. The summed E-state index contributed by atoms with van der Waals surface area (Å²) in [6, 6.07) is 9.98. The number of halogens is 1. The van der Waals surface area contributed by atoms with Crippen LogP contribution in [0, 0.1) is 5.41 Å². The molecule has 2 saturated heterocycles. The van der Waals surface area contributed by atoms with Crippen LogP contribution in [0.1, 0.15) is 18.5 Å². The first-order valence-electron chi connectivity index (χ1n) is 9.67. The van der Waals surface area contributed by atoms with Crippen LogP contribution in [0.3, 0.4) is 0 Å². The van der Waals surface area contributed by atoms with Gasteiger partial charge in [0, 0.05) is 61.1 Å². The molecule has 0 N–H and O–H groups in total. The largest absolute Gasteiger partial charge is 0.489 e. The third kappa shape index (κ3) is 2.91. The second kappa shape index (κ2) is 6.64. The number of nitrogens with zero attached hydrogens (tertiary/aromatic N) is 4. The van der Waals surface area contributed by atoms with Crippen LogP contribution < -0.4 is 9.64 Å². The second-order valence-corrected chi connectivity index (χ2v) is 8.55. The molecule has 28 heavy (non-hydrogen) atoms. The van der Waals surface area contributed by atoms with Gasteiger partial charge in [0.25, 0.3) is 0 Å². The zero-order chi connectivity index (χ0) is 19.3. The number of anilines is 1. The van der Waals surface area contributed by atoms with Gasteiger partial charge < -0.3 is 9.64 Å². The summed E-state index contributed by atoms with van der Waals surface area (Å²) in [6.45, 7) is 6.99. The molecule has 6 nitrogen and oxygen atoms in total. The van der Waals surface area contributed by atoms with Gasteiger partial charge in [0.2, 0.25) is 0 Å². The summed E-state index contributed by atoms with van der Waals surface area (Å²) in [5, 5.41) is 0.619. The van der Waals surface area contributed by atoms with E-state index in [-0.39, 0.29) is 11.4 Å². The summed E-state index contributed by atoms with van der Waals surface area (Å²) in [4.78, 5) is 23.5. The van der Waals surface area contributed by atoms with E-state index >= 15 is 0 Å². The van der Waals surface area contributed by atoms with Gasteiger partial charge in [0.1, 0.15) is 12.4 Å². The predicted octanol–water partition coefficient (Wildman–Crippen LogP) is 3.43. The Hall–Kier alpha value is -2.31. The quantitative estimate of drug-likeness (QED) is 0.777. The number of hydrogen-bond donors (Lipinski definition) is 0. The van der Waals surface area contributed by atoms with Crippen molar-refractivity contribution in [3.8, 4) is 5.75 Å². The van der Waals surface area contributed by atoms with Crippen LogP contribution in [0.4, 0.5) is 10.5 Å². The Kier molecular flexibility index (Phi) is 4.21. The molecule has 1 spiro atoms. The highest BCUT2D eigenvalue weighted by Crippen LogP contribution is 2.44. The van der Waals surface area contributed by atoms with Gasteiger partial charge in [-0.1, -0.05) is 17.7 Å². The Morgan fingerprint density at radius 3 is 2.82 bits per heavy atom. The van der Waals surface area contributed by atoms with Crippen molar-refractivity contribution in [2.75, 3.05) is 44.2 Å². The zero-order valence-corrected chi connectivity index (χ0v) is 16.6. The predicted molar refractivity (Wildman–Crippen MR) is 108 cm³/mol. The fourth-order valence-electron chi connectivity index (χ4n) is 4.59. The highest BCUT2D eigenvalue weighted by molar-refractivity contribution is 6.30. The number of ether oxygens (including phenoxy) is 1. The molecule has 1 aromatic heterocycles. The number of benzene rings is 1. The molecule has 2 fully saturated rings. The minimum absolute atomic E-state index is 0.0660. The van der Waals surface area contributed by atoms with Crippen LogP contribution in [0.2, 0.25) is 5.02 Å². The molecule has 1 atom stereocenters. The Balaban J connectivity index is 1.20. The SMILES string of the molecule is CC(c1cccnc1)N1CC2(CN(C(=O)N3CCOc4cc(Cl)ccc43)C2)C1. The van der Waals surface area contributed by atoms with Crippen LogP contribution >= 0.6 is 11.6 Å². The zero-order valence-electron chi connectivity index (χ0n) is 15.8. The van der Waals surface area contributed by atoms with E-state index in [9.17, 15) is 4.79 Å². The minimum atomic E-state index is 0.0660. The van der Waals surface area contributed by atoms with Crippen LogP contribution in [0.25, 0.3) is 0 Å². The molecule has 0 aliphatic carbocycles. The summed E-state index contributed by atoms with van der Waals surface area (Å²) in [5.74, 6) is 0.683. The lowest BCUT2D eigenvalue weighted by Crippen LogP contribution is -2.74. The lowest BCUT2D eigenvalue weighted by Gasteiger charge is -2.62. The Bertz CT molecular complexity index is 893. The molecule has 1 aromatic carbocycles. The van der Waals surface area contributed by atoms with Crippen molar-refractivity contribution in [1.29, 1.82) is 0 Å². The highest BCUT2D eigenvalue weighted by Gasteiger charge is 2.54. The van der Waals surface area contributed by atoms with Gasteiger partial charge in [0.15, 0.2) is 0 Å². The fourth-order valence-corrected chi connectivity index (χ4v) is 4.75. The molecular weight excluding hydrogens is 376 g/mol. The molecule has 3 aliphatic rings. The number of aromatic nitrogens is 1. The monoisotopic (exact) mass is 398 g/mol. The molecule has 0 bridgehead atoms. The van der Waals surface area contributed by atoms with E-state index in [2.05, 4.69) is 22.9 Å². The van der Waals surface area contributed by atoms with Crippen molar-refractivity contribution in [1.82, 2.24) is 14.8 Å². The fraction of sp³-hybridized carbons (Fsp3) is 0.429. The maximum atomic E-state index is 13.0. The maximum absolute atomic E-state index is 13.0. The number of pyridine rings is 1. The smallest absolute Gasteiger partial charge is 0.324 e. The van der Waals surface area contributed by atoms with Crippen molar-refractivity contribution >= 4 is 23.3 Å². The normalized spacial score (nSPS) is 21.4. The van der Waals surface area contributed by atoms with Crippen molar-refractivity contribution in [2.24, 2.45) is 5.41 Å². The van der Waals surface area contributed by atoms with Gasteiger partial charge in [-0.15, -0.1) is 0 Å². The van der Waals surface area contributed by atoms with Gasteiger partial charge in [-0.05, 0) is 30.7 Å². The number of urea groups is 1. The van der Waals surface area contributed by atoms with Gasteiger partial charge in [-0.3, -0.25) is 14.8 Å². The molecule has 2 aromatic rings. The Labute approximate surface area is 169 Å². The average molecular weight is 399 g/mol. The number of rotatable bonds is 2. The van der Waals surface area contributed by atoms with Gasteiger partial charge in [-0.2, -0.15) is 0 Å². The molecule has 0 saturated carbocycles. The number of carbonyl (C=O) groups excluding carboxylic acids is 1. The first-order chi connectivity index (χ1) is 13.5. The molecule has 1 unspecified atom stereocenters. The molecule has 3 aliphatic heterocycles. The van der Waals surface area contributed by atoms with Crippen molar-refractivity contribution in [3.63, 3.8) is 0 Å². The van der Waals surface area contributed by atoms with Crippen molar-refractivity contribution in [2.45, 2.75) is 13.0 Å². The first kappa shape index (κ1) is 17.8. The van der Waals surface area contributed by atoms with E-state index in [1.807, 2.05) is 28.1 Å². The van der Waals surface area contributed by atoms with E-state index in [0.717, 1.165) is 31.9 Å². The molecule has 7 heteroatoms. The minimum Gasteiger partial charge on any atom is -0.489 e. The molecule has 146 valence electrons. The number of fused-ring (bicyclic) bond motifs is 1. The second-order valence-electron chi connectivity index (χ2n) is 8.12. The number of amides is 2. The Morgan fingerprint density at radius 1 is 1.25 bits per heavy atom. The summed E-state index contributed by atoms with van der Waals surface area (Å²) < 4.78 is 5.66. The first-order valence-corrected chi connectivity index (χ1v) is 10.1. The van der Waals surface area contributed by atoms with Crippen molar-refractivity contribution < 1.29 is 9.53 Å². The van der Waals surface area contributed by atoms with Crippen LogP contribution in [-0.2, 0) is 0 Å². The van der Waals surface area contributed by atoms with E-state index in [4.69, 9.17) is 16.3 Å². The Morgan fingerprint density at radius 2 is 2.07 bits per heavy atom. The van der Waals surface area contributed by atoms with Crippen LogP contribution in [-0.4, -0.2) is 60.1 Å². The van der Waals surface area contributed by atoms with E-state index in [1.54, 1.807) is 18.3 Å².